The fourth-order valence-corrected chi connectivity index (χ4v) is 2.88. The summed E-state index contributed by atoms with van der Waals surface area (Å²) in [6.45, 7) is 2.96. The number of anilines is 1. The fraction of sp³-hybridized carbons (Fsp3) is 0.458. The predicted octanol–water partition coefficient (Wildman–Crippen LogP) is 3.48. The number of methoxy groups -OCH3 is 1. The highest BCUT2D eigenvalue weighted by atomic mass is 16.6. The average molecular weight is 430 g/mol. The topological polar surface area (TPSA) is 54.5 Å². The molecule has 1 amide bonds. The highest BCUT2D eigenvalue weighted by molar-refractivity contribution is 5.67. The van der Waals surface area contributed by atoms with Gasteiger partial charge in [-0.15, -0.1) is 0 Å². The Morgan fingerprint density at radius 3 is 1.90 bits per heavy atom. The predicted molar refractivity (Wildman–Crippen MR) is 124 cm³/mol. The minimum absolute atomic E-state index is 0.227. The molecule has 2 aromatic carbocycles. The van der Waals surface area contributed by atoms with Crippen LogP contribution in [0, 0.1) is 0 Å². The van der Waals surface area contributed by atoms with Crippen LogP contribution in [0.15, 0.2) is 48.5 Å². The van der Waals surface area contributed by atoms with Gasteiger partial charge in [0, 0.05) is 39.4 Å². The van der Waals surface area contributed by atoms with E-state index >= 15 is 0 Å². The maximum atomic E-state index is 12.8. The van der Waals surface area contributed by atoms with Crippen LogP contribution in [0.2, 0.25) is 0 Å². The van der Waals surface area contributed by atoms with Crippen LogP contribution < -0.4 is 9.64 Å². The van der Waals surface area contributed by atoms with Crippen molar-refractivity contribution < 1.29 is 19.0 Å². The van der Waals surface area contributed by atoms with E-state index in [0.717, 1.165) is 29.1 Å². The molecule has 2 aromatic rings. The molecule has 0 N–H and O–H groups in total. The van der Waals surface area contributed by atoms with Gasteiger partial charge in [0.2, 0.25) is 0 Å². The zero-order chi connectivity index (χ0) is 22.6. The monoisotopic (exact) mass is 429 g/mol. The summed E-state index contributed by atoms with van der Waals surface area (Å²) in [5.74, 6) is 0.784. The number of benzene rings is 2. The largest absolute Gasteiger partial charge is 0.497 e. The minimum atomic E-state index is -0.358. The van der Waals surface area contributed by atoms with Gasteiger partial charge >= 0.3 is 6.09 Å². The van der Waals surface area contributed by atoms with E-state index in [-0.39, 0.29) is 12.7 Å². The molecule has 31 heavy (non-hydrogen) atoms. The van der Waals surface area contributed by atoms with Crippen LogP contribution in [0.3, 0.4) is 0 Å². The lowest BCUT2D eigenvalue weighted by Gasteiger charge is -2.23. The molecule has 0 aliphatic carbocycles. The minimum Gasteiger partial charge on any atom is -0.497 e. The number of carbonyl (C=O) groups is 1. The zero-order valence-corrected chi connectivity index (χ0v) is 19.3. The Balaban J connectivity index is 1.99. The van der Waals surface area contributed by atoms with Crippen LogP contribution in [0.25, 0.3) is 0 Å². The van der Waals surface area contributed by atoms with E-state index in [1.807, 2.05) is 86.5 Å². The van der Waals surface area contributed by atoms with Crippen LogP contribution in [-0.4, -0.2) is 77.6 Å². The fourth-order valence-electron chi connectivity index (χ4n) is 2.88. The Hall–Kier alpha value is -2.77. The Morgan fingerprint density at radius 2 is 1.39 bits per heavy atom. The summed E-state index contributed by atoms with van der Waals surface area (Å²) in [6, 6.07) is 15.9. The SMILES string of the molecule is COc1ccc(CN(Cc2ccc(N(C)C)cc2)C(=O)OCCOCCN(C)C)cc1. The molecule has 0 bridgehead atoms. The molecule has 0 heterocycles. The summed E-state index contributed by atoms with van der Waals surface area (Å²) in [6.07, 6.45) is -0.358. The molecule has 0 aliphatic heterocycles. The van der Waals surface area contributed by atoms with Gasteiger partial charge in [0.15, 0.2) is 0 Å². The third-order valence-corrected chi connectivity index (χ3v) is 4.75. The third-order valence-electron chi connectivity index (χ3n) is 4.75. The van der Waals surface area contributed by atoms with E-state index in [9.17, 15) is 4.79 Å². The lowest BCUT2D eigenvalue weighted by atomic mass is 10.1. The Bertz CT molecular complexity index is 776. The van der Waals surface area contributed by atoms with Gasteiger partial charge in [-0.05, 0) is 49.5 Å². The van der Waals surface area contributed by atoms with Gasteiger partial charge in [-0.25, -0.2) is 4.79 Å². The maximum absolute atomic E-state index is 12.8. The van der Waals surface area contributed by atoms with E-state index < -0.39 is 0 Å². The normalized spacial score (nSPS) is 10.8. The van der Waals surface area contributed by atoms with E-state index in [1.54, 1.807) is 12.0 Å². The van der Waals surface area contributed by atoms with Crippen molar-refractivity contribution in [3.63, 3.8) is 0 Å². The van der Waals surface area contributed by atoms with Crippen LogP contribution in [-0.2, 0) is 22.6 Å². The molecule has 0 saturated heterocycles. The highest BCUT2D eigenvalue weighted by Crippen LogP contribution is 2.17. The second kappa shape index (κ2) is 12.8. The molecule has 0 spiro atoms. The molecule has 0 unspecified atom stereocenters. The lowest BCUT2D eigenvalue weighted by Crippen LogP contribution is -2.31. The number of likely N-dealkylation sites (N-methyl/N-ethyl adjacent to an activating group) is 1. The van der Waals surface area contributed by atoms with Crippen LogP contribution >= 0.6 is 0 Å². The number of nitrogens with zero attached hydrogens (tertiary/aromatic N) is 3. The van der Waals surface area contributed by atoms with Crippen LogP contribution in [0.1, 0.15) is 11.1 Å². The molecule has 170 valence electrons. The first-order valence-corrected chi connectivity index (χ1v) is 10.4. The Kier molecular flexibility index (Phi) is 10.1. The van der Waals surface area contributed by atoms with Crippen molar-refractivity contribution in [2.45, 2.75) is 13.1 Å². The van der Waals surface area contributed by atoms with E-state index in [2.05, 4.69) is 0 Å². The first-order valence-electron chi connectivity index (χ1n) is 10.4. The summed E-state index contributed by atoms with van der Waals surface area (Å²) in [7, 11) is 9.62. The van der Waals surface area contributed by atoms with Crippen LogP contribution in [0.5, 0.6) is 5.75 Å². The van der Waals surface area contributed by atoms with Gasteiger partial charge in [-0.2, -0.15) is 0 Å². The molecule has 0 fully saturated rings. The first kappa shape index (κ1) is 24.5. The summed E-state index contributed by atoms with van der Waals surface area (Å²) in [5.41, 5.74) is 3.16. The smallest absolute Gasteiger partial charge is 0.410 e. The number of hydrogen-bond donors (Lipinski definition) is 0. The average Bonchev–Trinajstić information content (AvgIpc) is 2.76. The molecule has 2 rings (SSSR count). The Labute approximate surface area is 186 Å². The van der Waals surface area contributed by atoms with Gasteiger partial charge < -0.3 is 24.0 Å². The second-order valence-electron chi connectivity index (χ2n) is 7.80. The van der Waals surface area contributed by atoms with Crippen molar-refractivity contribution in [3.8, 4) is 5.75 Å². The molecular formula is C24H35N3O4. The van der Waals surface area contributed by atoms with Gasteiger partial charge in [0.1, 0.15) is 12.4 Å². The molecule has 7 nitrogen and oxygen atoms in total. The van der Waals surface area contributed by atoms with Crippen molar-refractivity contribution in [2.75, 3.05) is 66.6 Å². The molecular weight excluding hydrogens is 394 g/mol. The number of amides is 1. The zero-order valence-electron chi connectivity index (χ0n) is 19.3. The Morgan fingerprint density at radius 1 is 0.806 bits per heavy atom. The summed E-state index contributed by atoms with van der Waals surface area (Å²) in [5, 5.41) is 0. The van der Waals surface area contributed by atoms with Crippen molar-refractivity contribution in [1.82, 2.24) is 9.80 Å². The van der Waals surface area contributed by atoms with Gasteiger partial charge in [-0.3, -0.25) is 4.90 Å². The van der Waals surface area contributed by atoms with Gasteiger partial charge in [0.05, 0.1) is 20.3 Å². The molecule has 0 atom stereocenters. The first-order chi connectivity index (χ1) is 14.9. The van der Waals surface area contributed by atoms with E-state index in [0.29, 0.717) is 26.3 Å². The summed E-state index contributed by atoms with van der Waals surface area (Å²) >= 11 is 0. The molecule has 0 radical (unpaired) electrons. The van der Waals surface area contributed by atoms with Crippen molar-refractivity contribution >= 4 is 11.8 Å². The number of hydrogen-bond acceptors (Lipinski definition) is 6. The van der Waals surface area contributed by atoms with Crippen molar-refractivity contribution in [1.29, 1.82) is 0 Å². The lowest BCUT2D eigenvalue weighted by molar-refractivity contribution is 0.0481. The number of ether oxygens (including phenoxy) is 3. The van der Waals surface area contributed by atoms with E-state index in [4.69, 9.17) is 14.2 Å². The molecule has 0 saturated carbocycles. The van der Waals surface area contributed by atoms with Gasteiger partial charge in [0.25, 0.3) is 0 Å². The summed E-state index contributed by atoms with van der Waals surface area (Å²) in [4.78, 5) is 18.6. The second-order valence-corrected chi connectivity index (χ2v) is 7.80. The molecule has 0 aliphatic rings. The highest BCUT2D eigenvalue weighted by Gasteiger charge is 2.16. The molecule has 0 aromatic heterocycles. The quantitative estimate of drug-likeness (QED) is 0.482. The number of carbonyl (C=O) groups excluding carboxylic acids is 1. The third kappa shape index (κ3) is 8.86. The van der Waals surface area contributed by atoms with Crippen molar-refractivity contribution in [3.05, 3.63) is 59.7 Å². The number of rotatable bonds is 12. The summed E-state index contributed by atoms with van der Waals surface area (Å²) < 4.78 is 16.2. The van der Waals surface area contributed by atoms with Crippen molar-refractivity contribution in [2.24, 2.45) is 0 Å². The van der Waals surface area contributed by atoms with Crippen LogP contribution in [0.4, 0.5) is 10.5 Å². The molecule has 7 heteroatoms. The maximum Gasteiger partial charge on any atom is 0.410 e. The standard InChI is InChI=1S/C24H35N3O4/c1-25(2)14-15-30-16-17-31-24(28)27(19-21-8-12-23(29-5)13-9-21)18-20-6-10-22(11-7-20)26(3)4/h6-13H,14-19H2,1-5H3. The van der Waals surface area contributed by atoms with E-state index in [1.165, 1.54) is 0 Å². The van der Waals surface area contributed by atoms with Gasteiger partial charge in [-0.1, -0.05) is 24.3 Å².